The molecule has 3 nitrogen and oxygen atoms in total. The van der Waals surface area contributed by atoms with Gasteiger partial charge in [-0.1, -0.05) is 6.07 Å². The molecule has 19 heavy (non-hydrogen) atoms. The van der Waals surface area contributed by atoms with E-state index >= 15 is 0 Å². The third-order valence-electron chi connectivity index (χ3n) is 3.67. The number of rotatable bonds is 4. The smallest absolute Gasteiger partial charge is 0.159 e. The van der Waals surface area contributed by atoms with Crippen molar-refractivity contribution in [1.82, 2.24) is 4.90 Å². The van der Waals surface area contributed by atoms with Crippen LogP contribution >= 0.6 is 0 Å². The lowest BCUT2D eigenvalue weighted by Crippen LogP contribution is -2.40. The minimum Gasteiger partial charge on any atom is -0.381 e. The van der Waals surface area contributed by atoms with E-state index in [1.54, 1.807) is 6.07 Å². The third-order valence-corrected chi connectivity index (χ3v) is 3.67. The third kappa shape index (κ3) is 3.72. The topological polar surface area (TPSA) is 38.5 Å². The molecule has 0 bridgehead atoms. The zero-order valence-corrected chi connectivity index (χ0v) is 11.1. The van der Waals surface area contributed by atoms with Gasteiger partial charge in [-0.05, 0) is 37.6 Å². The lowest BCUT2D eigenvalue weighted by molar-refractivity contribution is 0.0413. The predicted molar refractivity (Wildman–Crippen MR) is 69.8 cm³/mol. The Morgan fingerprint density at radius 1 is 1.32 bits per heavy atom. The van der Waals surface area contributed by atoms with Crippen LogP contribution in [0, 0.1) is 11.6 Å². The van der Waals surface area contributed by atoms with Crippen molar-refractivity contribution in [3.8, 4) is 0 Å². The average Bonchev–Trinajstić information content (AvgIpc) is 2.42. The van der Waals surface area contributed by atoms with Gasteiger partial charge in [0.05, 0.1) is 0 Å². The van der Waals surface area contributed by atoms with Crippen LogP contribution in [0.5, 0.6) is 0 Å². The van der Waals surface area contributed by atoms with Crippen molar-refractivity contribution in [1.29, 1.82) is 0 Å². The van der Waals surface area contributed by atoms with Gasteiger partial charge in [0, 0.05) is 31.8 Å². The summed E-state index contributed by atoms with van der Waals surface area (Å²) in [4.78, 5) is 2.18. The highest BCUT2D eigenvalue weighted by molar-refractivity contribution is 5.21. The summed E-state index contributed by atoms with van der Waals surface area (Å²) in [5.74, 6) is -1.68. The highest BCUT2D eigenvalue weighted by atomic mass is 19.2. The van der Waals surface area contributed by atoms with Crippen LogP contribution in [-0.2, 0) is 4.74 Å². The molecule has 1 aliphatic heterocycles. The Morgan fingerprint density at radius 2 is 2.00 bits per heavy atom. The maximum absolute atomic E-state index is 13.2. The Morgan fingerprint density at radius 3 is 2.63 bits per heavy atom. The quantitative estimate of drug-likeness (QED) is 0.910. The van der Waals surface area contributed by atoms with Crippen LogP contribution in [0.1, 0.15) is 24.4 Å². The van der Waals surface area contributed by atoms with Crippen molar-refractivity contribution < 1.29 is 13.5 Å². The van der Waals surface area contributed by atoms with Gasteiger partial charge in [0.25, 0.3) is 0 Å². The number of ether oxygens (including phenoxy) is 1. The molecule has 106 valence electrons. The maximum atomic E-state index is 13.2. The number of likely N-dealkylation sites (N-methyl/N-ethyl adjacent to an activating group) is 1. The van der Waals surface area contributed by atoms with E-state index < -0.39 is 11.6 Å². The molecule has 0 aliphatic carbocycles. The summed E-state index contributed by atoms with van der Waals surface area (Å²) >= 11 is 0. The molecule has 1 saturated heterocycles. The first-order valence-corrected chi connectivity index (χ1v) is 6.56. The van der Waals surface area contributed by atoms with Crippen molar-refractivity contribution in [2.75, 3.05) is 26.8 Å². The number of nitrogens with two attached hydrogens (primary N) is 1. The fourth-order valence-corrected chi connectivity index (χ4v) is 2.43. The van der Waals surface area contributed by atoms with E-state index in [9.17, 15) is 8.78 Å². The summed E-state index contributed by atoms with van der Waals surface area (Å²) in [7, 11) is 2.01. The second-order valence-corrected chi connectivity index (χ2v) is 5.06. The van der Waals surface area contributed by atoms with Gasteiger partial charge in [0.1, 0.15) is 0 Å². The van der Waals surface area contributed by atoms with E-state index in [2.05, 4.69) is 4.90 Å². The van der Waals surface area contributed by atoms with Gasteiger partial charge in [-0.2, -0.15) is 0 Å². The lowest BCUT2D eigenvalue weighted by Gasteiger charge is -2.32. The summed E-state index contributed by atoms with van der Waals surface area (Å²) in [6.45, 7) is 2.17. The SMILES string of the molecule is CN(CC(N)c1ccc(F)c(F)c1)C1CCOCC1. The normalized spacial score (nSPS) is 18.8. The minimum atomic E-state index is -0.846. The van der Waals surface area contributed by atoms with Crippen molar-refractivity contribution >= 4 is 0 Å². The molecule has 1 unspecified atom stereocenters. The zero-order valence-electron chi connectivity index (χ0n) is 11.1. The highest BCUT2D eigenvalue weighted by Crippen LogP contribution is 2.18. The van der Waals surface area contributed by atoms with Gasteiger partial charge in [-0.3, -0.25) is 0 Å². The Kier molecular flexibility index (Phi) is 4.85. The van der Waals surface area contributed by atoms with E-state index in [0.29, 0.717) is 18.2 Å². The van der Waals surface area contributed by atoms with E-state index in [-0.39, 0.29) is 6.04 Å². The molecule has 1 fully saturated rings. The second-order valence-electron chi connectivity index (χ2n) is 5.06. The zero-order chi connectivity index (χ0) is 13.8. The molecule has 0 spiro atoms. The Labute approximate surface area is 112 Å². The molecule has 1 aliphatic rings. The van der Waals surface area contributed by atoms with Gasteiger partial charge >= 0.3 is 0 Å². The molecule has 1 aromatic rings. The summed E-state index contributed by atoms with van der Waals surface area (Å²) in [6, 6.07) is 3.98. The first kappa shape index (κ1) is 14.4. The summed E-state index contributed by atoms with van der Waals surface area (Å²) in [6.07, 6.45) is 1.97. The molecule has 1 aromatic carbocycles. The van der Waals surface area contributed by atoms with Crippen molar-refractivity contribution in [2.45, 2.75) is 24.9 Å². The number of hydrogen-bond acceptors (Lipinski definition) is 3. The van der Waals surface area contributed by atoms with Gasteiger partial charge in [-0.15, -0.1) is 0 Å². The van der Waals surface area contributed by atoms with Gasteiger partial charge in [0.2, 0.25) is 0 Å². The monoisotopic (exact) mass is 270 g/mol. The number of halogens is 2. The van der Waals surface area contributed by atoms with E-state index in [4.69, 9.17) is 10.5 Å². The van der Waals surface area contributed by atoms with E-state index in [1.165, 1.54) is 6.07 Å². The maximum Gasteiger partial charge on any atom is 0.159 e. The van der Waals surface area contributed by atoms with Gasteiger partial charge < -0.3 is 15.4 Å². The van der Waals surface area contributed by atoms with Gasteiger partial charge in [-0.25, -0.2) is 8.78 Å². The number of hydrogen-bond donors (Lipinski definition) is 1. The predicted octanol–water partition coefficient (Wildman–Crippen LogP) is 2.08. The average molecular weight is 270 g/mol. The molecule has 1 heterocycles. The first-order valence-electron chi connectivity index (χ1n) is 6.56. The fraction of sp³-hybridized carbons (Fsp3) is 0.571. The lowest BCUT2D eigenvalue weighted by atomic mass is 10.0. The van der Waals surface area contributed by atoms with Gasteiger partial charge in [0.15, 0.2) is 11.6 Å². The Bertz CT molecular complexity index is 422. The molecule has 0 radical (unpaired) electrons. The van der Waals surface area contributed by atoms with Crippen LogP contribution in [0.25, 0.3) is 0 Å². The number of nitrogens with zero attached hydrogens (tertiary/aromatic N) is 1. The van der Waals surface area contributed by atoms with Crippen LogP contribution in [0.4, 0.5) is 8.78 Å². The van der Waals surface area contributed by atoms with Crippen LogP contribution in [0.2, 0.25) is 0 Å². The van der Waals surface area contributed by atoms with Crippen molar-refractivity contribution in [3.63, 3.8) is 0 Å². The largest absolute Gasteiger partial charge is 0.381 e. The van der Waals surface area contributed by atoms with Crippen LogP contribution < -0.4 is 5.73 Å². The first-order chi connectivity index (χ1) is 9.08. The van der Waals surface area contributed by atoms with Crippen LogP contribution in [0.3, 0.4) is 0 Å². The minimum absolute atomic E-state index is 0.317. The van der Waals surface area contributed by atoms with Crippen molar-refractivity contribution in [3.05, 3.63) is 35.4 Å². The Hall–Kier alpha value is -1.04. The van der Waals surface area contributed by atoms with E-state index in [1.807, 2.05) is 7.05 Å². The molecule has 0 amide bonds. The molecule has 1 atom stereocenters. The molecule has 5 heteroatoms. The summed E-state index contributed by atoms with van der Waals surface area (Å²) < 4.78 is 31.4. The molecular weight excluding hydrogens is 250 g/mol. The summed E-state index contributed by atoms with van der Waals surface area (Å²) in [5, 5.41) is 0. The molecular formula is C14H20F2N2O. The standard InChI is InChI=1S/C14H20F2N2O/c1-18(11-4-6-19-7-5-11)9-14(17)10-2-3-12(15)13(16)8-10/h2-3,8,11,14H,4-7,9,17H2,1H3. The molecule has 0 aromatic heterocycles. The van der Waals surface area contributed by atoms with Crippen LogP contribution in [0.15, 0.2) is 18.2 Å². The van der Waals surface area contributed by atoms with Crippen molar-refractivity contribution in [2.24, 2.45) is 5.73 Å². The van der Waals surface area contributed by atoms with Crippen LogP contribution in [-0.4, -0.2) is 37.7 Å². The molecule has 2 rings (SSSR count). The highest BCUT2D eigenvalue weighted by Gasteiger charge is 2.20. The second kappa shape index (κ2) is 6.41. The Balaban J connectivity index is 1.95. The van der Waals surface area contributed by atoms with E-state index in [0.717, 1.165) is 32.1 Å². The summed E-state index contributed by atoms with van der Waals surface area (Å²) in [5.41, 5.74) is 6.68. The fourth-order valence-electron chi connectivity index (χ4n) is 2.43. The molecule has 0 saturated carbocycles. The number of benzene rings is 1. The molecule has 2 N–H and O–H groups in total.